The van der Waals surface area contributed by atoms with Crippen molar-refractivity contribution in [3.8, 4) is 11.3 Å². The lowest BCUT2D eigenvalue weighted by Crippen LogP contribution is -2.16. The molecule has 0 unspecified atom stereocenters. The number of nitrogens with zero attached hydrogens (tertiary/aromatic N) is 1. The maximum Gasteiger partial charge on any atom is 0.293 e. The Morgan fingerprint density at radius 3 is 2.69 bits per heavy atom. The Kier molecular flexibility index (Phi) is 2.87. The lowest BCUT2D eigenvalue weighted by atomic mass is 10.1. The largest absolute Gasteiger partial charge is 0.420 e. The van der Waals surface area contributed by atoms with E-state index in [-0.39, 0.29) is 6.01 Å². The Balaban J connectivity index is 2.53. The Labute approximate surface area is 98.5 Å². The minimum atomic E-state index is 0.117. The van der Waals surface area contributed by atoms with E-state index in [1.807, 2.05) is 30.3 Å². The van der Waals surface area contributed by atoms with Crippen molar-refractivity contribution in [1.29, 1.82) is 0 Å². The molecule has 5 heteroatoms. The van der Waals surface area contributed by atoms with Gasteiger partial charge in [-0.25, -0.2) is 0 Å². The third kappa shape index (κ3) is 1.90. The zero-order valence-corrected chi connectivity index (χ0v) is 9.54. The first-order chi connectivity index (χ1) is 7.72. The summed E-state index contributed by atoms with van der Waals surface area (Å²) in [6.45, 7) is 0. The highest BCUT2D eigenvalue weighted by molar-refractivity contribution is 7.80. The van der Waals surface area contributed by atoms with Gasteiger partial charge in [0.1, 0.15) is 10.7 Å². The fraction of sp³-hybridized carbons (Fsp3) is 0.0909. The van der Waals surface area contributed by atoms with Crippen LogP contribution < -0.4 is 11.1 Å². The number of thiocarbonyl (C=S) groups is 1. The third-order valence-electron chi connectivity index (χ3n) is 2.12. The third-order valence-corrected chi connectivity index (χ3v) is 2.51. The molecule has 1 heterocycles. The van der Waals surface area contributed by atoms with Gasteiger partial charge in [0, 0.05) is 12.6 Å². The van der Waals surface area contributed by atoms with Gasteiger partial charge < -0.3 is 15.5 Å². The fourth-order valence-corrected chi connectivity index (χ4v) is 1.53. The molecule has 0 atom stereocenters. The van der Waals surface area contributed by atoms with Gasteiger partial charge in [-0.15, -0.1) is 0 Å². The Bertz CT molecular complexity index is 507. The molecule has 2 rings (SSSR count). The highest BCUT2D eigenvalue weighted by atomic mass is 32.1. The number of nitrogens with one attached hydrogen (secondary N) is 1. The second-order valence-electron chi connectivity index (χ2n) is 3.17. The van der Waals surface area contributed by atoms with Crippen molar-refractivity contribution < 1.29 is 4.42 Å². The topological polar surface area (TPSA) is 64.1 Å². The van der Waals surface area contributed by atoms with Crippen LogP contribution in [0.5, 0.6) is 0 Å². The van der Waals surface area contributed by atoms with Crippen LogP contribution in [0.1, 0.15) is 5.76 Å². The second kappa shape index (κ2) is 4.32. The summed E-state index contributed by atoms with van der Waals surface area (Å²) in [4.78, 5) is 4.62. The van der Waals surface area contributed by atoms with Crippen molar-refractivity contribution >= 4 is 23.2 Å². The van der Waals surface area contributed by atoms with Gasteiger partial charge in [-0.3, -0.25) is 0 Å². The fourth-order valence-electron chi connectivity index (χ4n) is 1.40. The van der Waals surface area contributed by atoms with Crippen LogP contribution in [0.3, 0.4) is 0 Å². The predicted octanol–water partition coefficient (Wildman–Crippen LogP) is 1.82. The maximum absolute atomic E-state index is 5.54. The first-order valence-electron chi connectivity index (χ1n) is 4.76. The molecule has 2 aromatic rings. The van der Waals surface area contributed by atoms with Crippen molar-refractivity contribution in [3.63, 3.8) is 0 Å². The molecule has 0 radical (unpaired) electrons. The summed E-state index contributed by atoms with van der Waals surface area (Å²) in [5.74, 6) is 0.501. The molecule has 1 aromatic carbocycles. The molecular formula is C11H11N3OS. The van der Waals surface area contributed by atoms with Gasteiger partial charge in [0.05, 0.1) is 0 Å². The van der Waals surface area contributed by atoms with E-state index in [1.54, 1.807) is 7.05 Å². The van der Waals surface area contributed by atoms with Crippen molar-refractivity contribution in [3.05, 3.63) is 36.1 Å². The number of anilines is 1. The smallest absolute Gasteiger partial charge is 0.293 e. The van der Waals surface area contributed by atoms with Crippen LogP contribution in [-0.2, 0) is 0 Å². The monoisotopic (exact) mass is 233 g/mol. The molecule has 0 aliphatic carbocycles. The molecule has 0 spiro atoms. The minimum absolute atomic E-state index is 0.117. The molecule has 3 N–H and O–H groups in total. The predicted molar refractivity (Wildman–Crippen MR) is 67.1 cm³/mol. The second-order valence-corrected chi connectivity index (χ2v) is 3.58. The van der Waals surface area contributed by atoms with Gasteiger partial charge in [0.15, 0.2) is 5.76 Å². The molecule has 0 aliphatic heterocycles. The number of oxazole rings is 1. The minimum Gasteiger partial charge on any atom is -0.420 e. The first-order valence-corrected chi connectivity index (χ1v) is 5.17. The van der Waals surface area contributed by atoms with Crippen LogP contribution in [0.25, 0.3) is 11.3 Å². The number of hydrogen-bond acceptors (Lipinski definition) is 4. The van der Waals surface area contributed by atoms with Gasteiger partial charge in [0.2, 0.25) is 0 Å². The van der Waals surface area contributed by atoms with Crippen LogP contribution in [0, 0.1) is 0 Å². The van der Waals surface area contributed by atoms with Crippen molar-refractivity contribution in [1.82, 2.24) is 10.3 Å². The Morgan fingerprint density at radius 1 is 1.38 bits per heavy atom. The quantitative estimate of drug-likeness (QED) is 0.775. The van der Waals surface area contributed by atoms with Crippen molar-refractivity contribution in [2.24, 2.45) is 0 Å². The number of aromatic nitrogens is 1. The average molecular weight is 233 g/mol. The number of rotatable bonds is 2. The molecule has 82 valence electrons. The molecule has 0 fully saturated rings. The molecular weight excluding hydrogens is 222 g/mol. The van der Waals surface area contributed by atoms with E-state index in [4.69, 9.17) is 22.4 Å². The molecule has 16 heavy (non-hydrogen) atoms. The lowest BCUT2D eigenvalue weighted by molar-refractivity contribution is 0.570. The van der Waals surface area contributed by atoms with Crippen LogP contribution in [0.4, 0.5) is 6.01 Å². The van der Waals surface area contributed by atoms with E-state index >= 15 is 0 Å². The normalized spacial score (nSPS) is 10.1. The van der Waals surface area contributed by atoms with Crippen LogP contribution in [0.2, 0.25) is 0 Å². The van der Waals surface area contributed by atoms with Gasteiger partial charge in [0.25, 0.3) is 6.01 Å². The van der Waals surface area contributed by atoms with Crippen molar-refractivity contribution in [2.75, 3.05) is 12.8 Å². The number of nitrogen functional groups attached to an aromatic ring is 1. The van der Waals surface area contributed by atoms with E-state index in [1.165, 1.54) is 0 Å². The highest BCUT2D eigenvalue weighted by Gasteiger charge is 2.16. The van der Waals surface area contributed by atoms with Gasteiger partial charge in [-0.05, 0) is 0 Å². The van der Waals surface area contributed by atoms with E-state index in [2.05, 4.69) is 10.3 Å². The van der Waals surface area contributed by atoms with E-state index in [9.17, 15) is 0 Å². The van der Waals surface area contributed by atoms with Crippen molar-refractivity contribution in [2.45, 2.75) is 0 Å². The molecule has 0 saturated heterocycles. The summed E-state index contributed by atoms with van der Waals surface area (Å²) in [6, 6.07) is 9.76. The highest BCUT2D eigenvalue weighted by Crippen LogP contribution is 2.24. The van der Waals surface area contributed by atoms with Gasteiger partial charge in [-0.2, -0.15) is 4.98 Å². The number of hydrogen-bond donors (Lipinski definition) is 2. The molecule has 0 bridgehead atoms. The maximum atomic E-state index is 5.54. The first kappa shape index (κ1) is 10.6. The molecule has 0 aliphatic rings. The molecule has 0 saturated carbocycles. The standard InChI is InChI=1S/C11H11N3OS/c1-13-10(16)9-8(14-11(12)15-9)7-5-3-2-4-6-7/h2-6H,1H3,(H2,12,14)(H,13,16). The zero-order valence-electron chi connectivity index (χ0n) is 8.73. The summed E-state index contributed by atoms with van der Waals surface area (Å²) >= 11 is 5.12. The Hall–Kier alpha value is -1.88. The molecule has 1 aromatic heterocycles. The molecule has 0 amide bonds. The summed E-state index contributed by atoms with van der Waals surface area (Å²) in [5, 5.41) is 2.85. The van der Waals surface area contributed by atoms with E-state index < -0.39 is 0 Å². The van der Waals surface area contributed by atoms with Crippen LogP contribution in [0.15, 0.2) is 34.7 Å². The van der Waals surface area contributed by atoms with Crippen LogP contribution >= 0.6 is 12.2 Å². The summed E-state index contributed by atoms with van der Waals surface area (Å²) in [6.07, 6.45) is 0. The molecule has 4 nitrogen and oxygen atoms in total. The summed E-state index contributed by atoms with van der Waals surface area (Å²) in [7, 11) is 1.73. The zero-order chi connectivity index (χ0) is 11.5. The van der Waals surface area contributed by atoms with E-state index in [0.717, 1.165) is 5.56 Å². The van der Waals surface area contributed by atoms with E-state index in [0.29, 0.717) is 16.4 Å². The van der Waals surface area contributed by atoms with Crippen LogP contribution in [-0.4, -0.2) is 17.0 Å². The number of benzene rings is 1. The summed E-state index contributed by atoms with van der Waals surface area (Å²) < 4.78 is 5.28. The average Bonchev–Trinajstić information content (AvgIpc) is 2.71. The SMILES string of the molecule is CNC(=S)c1oc(N)nc1-c1ccccc1. The number of nitrogens with two attached hydrogens (primary N) is 1. The van der Waals surface area contributed by atoms with Gasteiger partial charge >= 0.3 is 0 Å². The summed E-state index contributed by atoms with van der Waals surface area (Å²) in [5.41, 5.74) is 7.13. The Morgan fingerprint density at radius 2 is 2.06 bits per heavy atom. The lowest BCUT2D eigenvalue weighted by Gasteiger charge is -2.01. The van der Waals surface area contributed by atoms with Gasteiger partial charge in [-0.1, -0.05) is 42.5 Å².